The highest BCUT2D eigenvalue weighted by Gasteiger charge is 2.48. The molecule has 2 aliphatic rings. The van der Waals surface area contributed by atoms with Crippen LogP contribution in [0.15, 0.2) is 381 Å². The number of anilines is 12. The van der Waals surface area contributed by atoms with Gasteiger partial charge in [-0.1, -0.05) is 308 Å². The Hall–Kier alpha value is -13.6. The van der Waals surface area contributed by atoms with Crippen LogP contribution in [0, 0.1) is 0 Å². The number of furan rings is 1. The van der Waals surface area contributed by atoms with E-state index in [4.69, 9.17) is 4.42 Å². The van der Waals surface area contributed by atoms with Crippen molar-refractivity contribution in [2.75, 3.05) is 19.6 Å². The van der Waals surface area contributed by atoms with Crippen molar-refractivity contribution in [1.29, 1.82) is 0 Å². The fourth-order valence-electron chi connectivity index (χ4n) is 17.6. The van der Waals surface area contributed by atoms with Crippen LogP contribution < -0.4 is 36.0 Å². The van der Waals surface area contributed by atoms with Gasteiger partial charge in [-0.05, 0) is 170 Å². The zero-order chi connectivity index (χ0) is 74.6. The molecule has 20 rings (SSSR count). The van der Waals surface area contributed by atoms with Gasteiger partial charge in [0.1, 0.15) is 11.2 Å². The summed E-state index contributed by atoms with van der Waals surface area (Å²) in [5.41, 5.74) is 31.6. The van der Waals surface area contributed by atoms with Crippen LogP contribution >= 0.6 is 0 Å². The van der Waals surface area contributed by atoms with Crippen molar-refractivity contribution in [2.24, 2.45) is 0 Å². The predicted molar refractivity (Wildman–Crippen MR) is 471 cm³/mol. The molecule has 0 radical (unpaired) electrons. The molecule has 111 heavy (non-hydrogen) atoms. The summed E-state index contributed by atoms with van der Waals surface area (Å²) in [6.45, 7) is 13.5. The van der Waals surface area contributed by atoms with Gasteiger partial charge in [0.15, 0.2) is 0 Å². The quantitative estimate of drug-likeness (QED) is 0.107. The highest BCUT2D eigenvalue weighted by Crippen LogP contribution is 2.57. The minimum absolute atomic E-state index is 0.127. The number of hydrogen-bond donors (Lipinski definition) is 0. The predicted octanol–water partition coefficient (Wildman–Crippen LogP) is 27.0. The molecule has 2 aliphatic heterocycles. The molecular weight excluding hydrogens is 1350 g/mol. The minimum atomic E-state index is -0.466. The van der Waals surface area contributed by atoms with Gasteiger partial charge in [0.05, 0.1) is 39.2 Å². The third-order valence-corrected chi connectivity index (χ3v) is 22.8. The first-order valence-corrected chi connectivity index (χ1v) is 38.7. The van der Waals surface area contributed by atoms with E-state index >= 15 is 0 Å². The van der Waals surface area contributed by atoms with Crippen molar-refractivity contribution in [3.8, 4) is 50.2 Å². The Morgan fingerprint density at radius 2 is 0.676 bits per heavy atom. The van der Waals surface area contributed by atoms with E-state index in [0.29, 0.717) is 0 Å². The standard InChI is InChI=1S/C104H80BN5O/c1-103(2,3)73-57-61-89-86(63-73)87-64-74(104(4,5)6)58-62-90(87)108(89)80-66-93-98-94(67-80)110(101-83(71-39-19-9-20-40-71)54-34-55-84(101)72-41-21-10-22-42-72)95-68-92(107(77-47-27-13-28-48-77)78-49-29-14-30-50-78)97-85-51-31-32-56-96(85)111-102(97)99(95)105(98)88-60-59-79(106(75-43-23-11-24-44-75)76-45-25-12-26-46-76)65-91(88)109(93)100-81(69-35-15-7-16-36-69)52-33-53-82(100)70-37-17-8-18-38-70/h7-68H,1-6H3. The van der Waals surface area contributed by atoms with E-state index in [0.717, 1.165) is 168 Å². The van der Waals surface area contributed by atoms with Gasteiger partial charge in [-0.3, -0.25) is 0 Å². The Balaban J connectivity index is 1.03. The van der Waals surface area contributed by atoms with E-state index in [1.165, 1.54) is 21.9 Å². The lowest BCUT2D eigenvalue weighted by Gasteiger charge is -2.46. The second-order valence-electron chi connectivity index (χ2n) is 31.6. The van der Waals surface area contributed by atoms with Crippen LogP contribution in [-0.4, -0.2) is 11.3 Å². The molecule has 16 aromatic carbocycles. The monoisotopic (exact) mass is 1430 g/mol. The van der Waals surface area contributed by atoms with Gasteiger partial charge < -0.3 is 28.6 Å². The van der Waals surface area contributed by atoms with Crippen LogP contribution in [0.3, 0.4) is 0 Å². The first-order valence-electron chi connectivity index (χ1n) is 38.7. The van der Waals surface area contributed by atoms with Crippen LogP contribution in [0.25, 0.3) is 93.9 Å². The van der Waals surface area contributed by atoms with E-state index in [1.807, 2.05) is 0 Å². The molecule has 18 aromatic rings. The minimum Gasteiger partial charge on any atom is -0.456 e. The Bertz CT molecular complexity index is 6310. The molecule has 7 heteroatoms. The van der Waals surface area contributed by atoms with E-state index in [2.05, 4.69) is 442 Å². The molecule has 4 heterocycles. The van der Waals surface area contributed by atoms with Gasteiger partial charge in [0.2, 0.25) is 0 Å². The molecule has 0 amide bonds. The second kappa shape index (κ2) is 26.7. The van der Waals surface area contributed by atoms with E-state index in [-0.39, 0.29) is 10.8 Å². The zero-order valence-corrected chi connectivity index (χ0v) is 63.0. The first-order chi connectivity index (χ1) is 54.4. The zero-order valence-electron chi connectivity index (χ0n) is 63.0. The molecule has 0 saturated carbocycles. The molecule has 0 atom stereocenters. The second-order valence-corrected chi connectivity index (χ2v) is 31.6. The molecule has 0 N–H and O–H groups in total. The van der Waals surface area contributed by atoms with Gasteiger partial charge in [-0.15, -0.1) is 0 Å². The average molecular weight is 1430 g/mol. The smallest absolute Gasteiger partial charge is 0.257 e. The maximum Gasteiger partial charge on any atom is 0.257 e. The molecule has 6 nitrogen and oxygen atoms in total. The third kappa shape index (κ3) is 11.2. The number of rotatable bonds is 13. The number of fused-ring (bicyclic) bond motifs is 11. The highest BCUT2D eigenvalue weighted by atomic mass is 16.3. The normalized spacial score (nSPS) is 12.5. The fraction of sp³-hybridized carbons (Fsp3) is 0.0769. The summed E-state index contributed by atoms with van der Waals surface area (Å²) < 4.78 is 10.5. The molecule has 0 aliphatic carbocycles. The van der Waals surface area contributed by atoms with Crippen molar-refractivity contribution in [2.45, 2.75) is 52.4 Å². The molecule has 0 bridgehead atoms. The van der Waals surface area contributed by atoms with Gasteiger partial charge in [-0.25, -0.2) is 0 Å². The van der Waals surface area contributed by atoms with Crippen LogP contribution in [0.1, 0.15) is 52.7 Å². The summed E-state index contributed by atoms with van der Waals surface area (Å²) in [6, 6.07) is 140. The summed E-state index contributed by atoms with van der Waals surface area (Å²) in [5, 5.41) is 4.47. The largest absolute Gasteiger partial charge is 0.456 e. The van der Waals surface area contributed by atoms with Crippen molar-refractivity contribution >= 4 is 135 Å². The number of aromatic nitrogens is 1. The summed E-state index contributed by atoms with van der Waals surface area (Å²) in [7, 11) is 0. The van der Waals surface area contributed by atoms with Crippen LogP contribution in [0.2, 0.25) is 0 Å². The number of benzene rings is 16. The summed E-state index contributed by atoms with van der Waals surface area (Å²) in [4.78, 5) is 10.2. The van der Waals surface area contributed by atoms with Crippen LogP contribution in [-0.2, 0) is 10.8 Å². The van der Waals surface area contributed by atoms with Gasteiger partial charge in [0.25, 0.3) is 6.71 Å². The van der Waals surface area contributed by atoms with Crippen molar-refractivity contribution in [3.05, 3.63) is 387 Å². The van der Waals surface area contributed by atoms with E-state index in [9.17, 15) is 0 Å². The third-order valence-electron chi connectivity index (χ3n) is 22.8. The van der Waals surface area contributed by atoms with Crippen LogP contribution in [0.5, 0.6) is 0 Å². The Morgan fingerprint density at radius 3 is 1.10 bits per heavy atom. The van der Waals surface area contributed by atoms with Crippen molar-refractivity contribution < 1.29 is 4.42 Å². The number of hydrogen-bond acceptors (Lipinski definition) is 5. The van der Waals surface area contributed by atoms with E-state index < -0.39 is 6.71 Å². The molecule has 0 fully saturated rings. The lowest BCUT2D eigenvalue weighted by Crippen LogP contribution is -2.61. The lowest BCUT2D eigenvalue weighted by atomic mass is 9.33. The average Bonchev–Trinajstić information content (AvgIpc) is 1.62. The fourth-order valence-corrected chi connectivity index (χ4v) is 17.6. The highest BCUT2D eigenvalue weighted by molar-refractivity contribution is 7.01. The summed E-state index contributed by atoms with van der Waals surface area (Å²) in [6.07, 6.45) is 0. The van der Waals surface area contributed by atoms with E-state index in [1.54, 1.807) is 0 Å². The summed E-state index contributed by atoms with van der Waals surface area (Å²) >= 11 is 0. The first kappa shape index (κ1) is 66.8. The van der Waals surface area contributed by atoms with Gasteiger partial charge >= 0.3 is 0 Å². The number of nitrogens with zero attached hydrogens (tertiary/aromatic N) is 5. The number of para-hydroxylation sites is 7. The maximum atomic E-state index is 7.96. The topological polar surface area (TPSA) is 31.0 Å². The SMILES string of the molecule is CC(C)(C)c1ccc2c(c1)c1cc(C(C)(C)C)ccc1n2-c1cc2c3c(c1)N(c1c(-c4ccccc4)cccc1-c1ccccc1)c1cc(N(c4ccccc4)c4ccccc4)c4c(oc5ccccc54)c1B3c1ccc(N(c3ccccc3)c3ccccc3)cc1N2c1c(-c2ccccc2)cccc1-c1ccccc1. The molecule has 0 unspecified atom stereocenters. The molecule has 0 spiro atoms. The molecule has 530 valence electrons. The molecular formula is C104H80BN5O. The molecule has 2 aromatic heterocycles. The Labute approximate surface area is 649 Å². The summed E-state index contributed by atoms with van der Waals surface area (Å²) in [5.74, 6) is 0. The molecule has 0 saturated heterocycles. The Morgan fingerprint density at radius 1 is 0.297 bits per heavy atom. The lowest BCUT2D eigenvalue weighted by molar-refractivity contribution is 0.590. The maximum absolute atomic E-state index is 7.96. The van der Waals surface area contributed by atoms with Crippen LogP contribution in [0.4, 0.5) is 68.2 Å². The van der Waals surface area contributed by atoms with Gasteiger partial charge in [0, 0.05) is 89.6 Å². The van der Waals surface area contributed by atoms with Gasteiger partial charge in [-0.2, -0.15) is 0 Å². The van der Waals surface area contributed by atoms with Crippen molar-refractivity contribution in [3.63, 3.8) is 0 Å². The van der Waals surface area contributed by atoms with Crippen molar-refractivity contribution in [1.82, 2.24) is 4.57 Å². The Kier molecular flexibility index (Phi) is 16.0.